The van der Waals surface area contributed by atoms with Gasteiger partial charge in [-0.15, -0.1) is 11.8 Å². The highest BCUT2D eigenvalue weighted by Gasteiger charge is 2.35. The van der Waals surface area contributed by atoms with Crippen LogP contribution in [0.2, 0.25) is 5.02 Å². The van der Waals surface area contributed by atoms with E-state index >= 15 is 0 Å². The molecular formula is C32H40ClN3O5S2. The van der Waals surface area contributed by atoms with Crippen LogP contribution in [0.5, 0.6) is 5.75 Å². The molecule has 0 saturated heterocycles. The zero-order valence-corrected chi connectivity index (χ0v) is 27.9. The normalized spacial score (nSPS) is 12.3. The van der Waals surface area contributed by atoms with Gasteiger partial charge < -0.3 is 15.0 Å². The SMILES string of the molecule is CCOc1ccc(N(CC(=O)N(Cc2ccccc2Cl)C(CC)C(=O)NC(C)(C)C)S(=O)(=O)c2ccc(SC)cc2)cc1. The first-order valence-electron chi connectivity index (χ1n) is 14.0. The highest BCUT2D eigenvalue weighted by atomic mass is 35.5. The molecule has 43 heavy (non-hydrogen) atoms. The topological polar surface area (TPSA) is 96.0 Å². The van der Waals surface area contributed by atoms with E-state index in [1.807, 2.05) is 40.9 Å². The van der Waals surface area contributed by atoms with E-state index in [1.54, 1.807) is 60.7 Å². The highest BCUT2D eigenvalue weighted by Crippen LogP contribution is 2.28. The molecule has 1 N–H and O–H groups in total. The summed E-state index contributed by atoms with van der Waals surface area (Å²) in [6, 6.07) is 19.3. The number of rotatable bonds is 13. The lowest BCUT2D eigenvalue weighted by molar-refractivity contribution is -0.141. The van der Waals surface area contributed by atoms with Gasteiger partial charge in [-0.25, -0.2) is 8.42 Å². The summed E-state index contributed by atoms with van der Waals surface area (Å²) < 4.78 is 34.8. The average Bonchev–Trinajstić information content (AvgIpc) is 2.96. The molecule has 2 amide bonds. The monoisotopic (exact) mass is 645 g/mol. The fraction of sp³-hybridized carbons (Fsp3) is 0.375. The number of carbonyl (C=O) groups is 2. The van der Waals surface area contributed by atoms with E-state index in [-0.39, 0.29) is 23.0 Å². The van der Waals surface area contributed by atoms with Crippen molar-refractivity contribution in [3.63, 3.8) is 0 Å². The van der Waals surface area contributed by atoms with Crippen LogP contribution in [0.4, 0.5) is 5.69 Å². The first-order valence-corrected chi connectivity index (χ1v) is 17.1. The van der Waals surface area contributed by atoms with E-state index in [0.717, 1.165) is 9.20 Å². The molecule has 1 unspecified atom stereocenters. The van der Waals surface area contributed by atoms with Crippen molar-refractivity contribution in [2.24, 2.45) is 0 Å². The molecule has 0 radical (unpaired) electrons. The summed E-state index contributed by atoms with van der Waals surface area (Å²) in [7, 11) is -4.19. The van der Waals surface area contributed by atoms with E-state index in [9.17, 15) is 18.0 Å². The number of carbonyl (C=O) groups excluding carboxylic acids is 2. The third-order valence-electron chi connectivity index (χ3n) is 6.54. The van der Waals surface area contributed by atoms with Crippen LogP contribution in [-0.2, 0) is 26.2 Å². The van der Waals surface area contributed by atoms with Crippen molar-refractivity contribution >= 4 is 50.9 Å². The first kappa shape index (κ1) is 34.3. The fourth-order valence-corrected chi connectivity index (χ4v) is 6.48. The van der Waals surface area contributed by atoms with Gasteiger partial charge in [0.05, 0.1) is 17.2 Å². The van der Waals surface area contributed by atoms with Gasteiger partial charge >= 0.3 is 0 Å². The molecule has 0 heterocycles. The number of anilines is 1. The van der Waals surface area contributed by atoms with Gasteiger partial charge in [0, 0.05) is 22.0 Å². The number of hydrogen-bond acceptors (Lipinski definition) is 6. The Morgan fingerprint density at radius 3 is 2.14 bits per heavy atom. The van der Waals surface area contributed by atoms with Crippen LogP contribution in [0.15, 0.2) is 82.6 Å². The molecule has 3 aromatic rings. The van der Waals surface area contributed by atoms with E-state index in [1.165, 1.54) is 28.8 Å². The van der Waals surface area contributed by atoms with Gasteiger partial charge in [-0.2, -0.15) is 0 Å². The Morgan fingerprint density at radius 1 is 0.977 bits per heavy atom. The van der Waals surface area contributed by atoms with Gasteiger partial charge in [0.25, 0.3) is 10.0 Å². The molecule has 0 saturated carbocycles. The number of halogens is 1. The molecule has 0 aliphatic heterocycles. The Bertz CT molecular complexity index is 1490. The number of amides is 2. The van der Waals surface area contributed by atoms with Gasteiger partial charge in [0.1, 0.15) is 18.3 Å². The third-order valence-corrected chi connectivity index (χ3v) is 9.45. The summed E-state index contributed by atoms with van der Waals surface area (Å²) in [6.07, 6.45) is 2.21. The van der Waals surface area contributed by atoms with Crippen LogP contribution in [0.1, 0.15) is 46.6 Å². The number of sulfonamides is 1. The van der Waals surface area contributed by atoms with E-state index < -0.39 is 34.1 Å². The van der Waals surface area contributed by atoms with Crippen molar-refractivity contribution < 1.29 is 22.7 Å². The van der Waals surface area contributed by atoms with Gasteiger partial charge in [-0.3, -0.25) is 13.9 Å². The summed E-state index contributed by atoms with van der Waals surface area (Å²) in [5.41, 5.74) is 0.391. The van der Waals surface area contributed by atoms with Gasteiger partial charge in [-0.1, -0.05) is 36.7 Å². The molecule has 1 atom stereocenters. The minimum absolute atomic E-state index is 0.0220. The maximum Gasteiger partial charge on any atom is 0.264 e. The molecule has 232 valence electrons. The smallest absolute Gasteiger partial charge is 0.264 e. The van der Waals surface area contributed by atoms with Crippen LogP contribution in [-0.4, -0.2) is 56.1 Å². The number of hydrogen-bond donors (Lipinski definition) is 1. The number of nitrogens with zero attached hydrogens (tertiary/aromatic N) is 2. The Morgan fingerprint density at radius 2 is 1.60 bits per heavy atom. The number of nitrogens with one attached hydrogen (secondary N) is 1. The van der Waals surface area contributed by atoms with Crippen LogP contribution >= 0.6 is 23.4 Å². The molecule has 0 aliphatic carbocycles. The Kier molecular flexibility index (Phi) is 12.0. The van der Waals surface area contributed by atoms with Crippen molar-refractivity contribution in [3.8, 4) is 5.75 Å². The van der Waals surface area contributed by atoms with Gasteiger partial charge in [0.15, 0.2) is 0 Å². The molecule has 3 rings (SSSR count). The Labute approximate surface area is 264 Å². The van der Waals surface area contributed by atoms with E-state index in [4.69, 9.17) is 16.3 Å². The number of benzene rings is 3. The van der Waals surface area contributed by atoms with Crippen LogP contribution < -0.4 is 14.4 Å². The van der Waals surface area contributed by atoms with Gasteiger partial charge in [-0.05, 0) is 101 Å². The maximum atomic E-state index is 14.2. The minimum Gasteiger partial charge on any atom is -0.494 e. The minimum atomic E-state index is -4.19. The van der Waals surface area contributed by atoms with Crippen LogP contribution in [0.25, 0.3) is 0 Å². The first-order chi connectivity index (χ1) is 20.3. The molecule has 3 aromatic carbocycles. The number of ether oxygens (including phenoxy) is 1. The highest BCUT2D eigenvalue weighted by molar-refractivity contribution is 7.98. The largest absolute Gasteiger partial charge is 0.494 e. The summed E-state index contributed by atoms with van der Waals surface area (Å²) in [6.45, 7) is 9.19. The molecule has 0 bridgehead atoms. The van der Waals surface area contributed by atoms with E-state index in [0.29, 0.717) is 29.4 Å². The van der Waals surface area contributed by atoms with Crippen LogP contribution in [0.3, 0.4) is 0 Å². The Hall–Kier alpha value is -3.21. The average molecular weight is 646 g/mol. The molecule has 0 spiro atoms. The second kappa shape index (κ2) is 15.0. The van der Waals surface area contributed by atoms with Crippen molar-refractivity contribution in [1.29, 1.82) is 0 Å². The predicted molar refractivity (Wildman–Crippen MR) is 174 cm³/mol. The van der Waals surface area contributed by atoms with Crippen molar-refractivity contribution in [2.75, 3.05) is 23.7 Å². The lowest BCUT2D eigenvalue weighted by Gasteiger charge is -2.35. The molecule has 0 fully saturated rings. The molecule has 11 heteroatoms. The second-order valence-electron chi connectivity index (χ2n) is 10.9. The quantitative estimate of drug-likeness (QED) is 0.217. The summed E-state index contributed by atoms with van der Waals surface area (Å²) in [5.74, 6) is -0.308. The second-order valence-corrected chi connectivity index (χ2v) is 14.0. The van der Waals surface area contributed by atoms with Crippen molar-refractivity contribution in [3.05, 3.63) is 83.4 Å². The molecule has 0 aliphatic rings. The lowest BCUT2D eigenvalue weighted by atomic mass is 10.1. The Balaban J connectivity index is 2.09. The van der Waals surface area contributed by atoms with E-state index in [2.05, 4.69) is 5.32 Å². The molecule has 0 aromatic heterocycles. The zero-order valence-electron chi connectivity index (χ0n) is 25.5. The summed E-state index contributed by atoms with van der Waals surface area (Å²) >= 11 is 7.96. The lowest BCUT2D eigenvalue weighted by Crippen LogP contribution is -2.55. The van der Waals surface area contributed by atoms with Crippen molar-refractivity contribution in [1.82, 2.24) is 10.2 Å². The summed E-state index contributed by atoms with van der Waals surface area (Å²) in [5, 5.41) is 3.40. The van der Waals surface area contributed by atoms with Crippen LogP contribution in [0, 0.1) is 0 Å². The third kappa shape index (κ3) is 9.14. The standard InChI is InChI=1S/C32H40ClN3O5S2/c1-7-29(31(38)34-32(3,4)5)35(21-23-11-9-10-12-28(23)33)30(37)22-36(24-13-15-25(16-14-24)41-8-2)43(39,40)27-19-17-26(42-6)18-20-27/h9-20,29H,7-8,21-22H2,1-6H3,(H,34,38). The predicted octanol–water partition coefficient (Wildman–Crippen LogP) is 6.38. The maximum absolute atomic E-state index is 14.2. The van der Waals surface area contributed by atoms with Gasteiger partial charge in [0.2, 0.25) is 11.8 Å². The number of thioether (sulfide) groups is 1. The summed E-state index contributed by atoms with van der Waals surface area (Å²) in [4.78, 5) is 30.1. The zero-order chi connectivity index (χ0) is 31.8. The van der Waals surface area contributed by atoms with Crippen molar-refractivity contribution in [2.45, 2.75) is 69.0 Å². The molecule has 8 nitrogen and oxygen atoms in total. The fourth-order valence-electron chi connectivity index (χ4n) is 4.46. The molecular weight excluding hydrogens is 606 g/mol.